The molecule has 4 heteroatoms. The summed E-state index contributed by atoms with van der Waals surface area (Å²) in [6.07, 6.45) is 3.19. The highest BCUT2D eigenvalue weighted by Crippen LogP contribution is 1.98. The molecule has 56 valence electrons. The maximum atomic E-state index is 6.83. The quantitative estimate of drug-likeness (QED) is 0.364. The second-order valence-electron chi connectivity index (χ2n) is 2.19. The van der Waals surface area contributed by atoms with Gasteiger partial charge in [-0.2, -0.15) is 0 Å². The molecule has 0 radical (unpaired) electrons. The van der Waals surface area contributed by atoms with E-state index in [1.807, 2.05) is 0 Å². The van der Waals surface area contributed by atoms with Gasteiger partial charge >= 0.3 is 0 Å². The van der Waals surface area contributed by atoms with Crippen molar-refractivity contribution in [3.8, 4) is 0 Å². The Morgan fingerprint density at radius 1 is 1.70 bits per heavy atom. The molecule has 0 aromatic heterocycles. The van der Waals surface area contributed by atoms with Gasteiger partial charge in [0, 0.05) is 6.20 Å². The lowest BCUT2D eigenvalue weighted by molar-refractivity contribution is 0.000780. The van der Waals surface area contributed by atoms with Gasteiger partial charge < -0.3 is 15.8 Å². The number of amidine groups is 1. The summed E-state index contributed by atoms with van der Waals surface area (Å²) in [5.41, 5.74) is 5.06. The first-order chi connectivity index (χ1) is 4.79. The molecule has 0 bridgehead atoms. The lowest BCUT2D eigenvalue weighted by atomic mass is 10.3. The van der Waals surface area contributed by atoms with Crippen LogP contribution in [-0.4, -0.2) is 25.1 Å². The summed E-state index contributed by atoms with van der Waals surface area (Å²) in [4.78, 5) is 0. The molecular weight excluding hydrogens is 130 g/mol. The summed E-state index contributed by atoms with van der Waals surface area (Å²) < 4.78 is 4.91. The van der Waals surface area contributed by atoms with Crippen molar-refractivity contribution in [2.24, 2.45) is 5.73 Å². The van der Waals surface area contributed by atoms with Gasteiger partial charge in [0.15, 0.2) is 0 Å². The Kier molecular flexibility index (Phi) is 2.28. The SMILES string of the molecule is N=C(N)/C=C\NC1COC1. The molecule has 1 saturated heterocycles. The van der Waals surface area contributed by atoms with Crippen LogP contribution in [-0.2, 0) is 4.74 Å². The fourth-order valence-electron chi connectivity index (χ4n) is 0.606. The van der Waals surface area contributed by atoms with E-state index in [4.69, 9.17) is 15.9 Å². The monoisotopic (exact) mass is 141 g/mol. The maximum absolute atomic E-state index is 6.83. The number of rotatable bonds is 3. The predicted octanol–water partition coefficient (Wildman–Crippen LogP) is -0.576. The van der Waals surface area contributed by atoms with E-state index in [9.17, 15) is 0 Å². The summed E-state index contributed by atoms with van der Waals surface area (Å²) >= 11 is 0. The van der Waals surface area contributed by atoms with Gasteiger partial charge in [-0.3, -0.25) is 5.41 Å². The Bertz CT molecular complexity index is 151. The molecule has 4 N–H and O–H groups in total. The minimum absolute atomic E-state index is 0.0627. The molecule has 1 aliphatic heterocycles. The van der Waals surface area contributed by atoms with Crippen LogP contribution in [0.3, 0.4) is 0 Å². The third-order valence-electron chi connectivity index (χ3n) is 1.23. The molecule has 10 heavy (non-hydrogen) atoms. The summed E-state index contributed by atoms with van der Waals surface area (Å²) in [6, 6.07) is 0.413. The topological polar surface area (TPSA) is 71.1 Å². The standard InChI is InChI=1S/C6H11N3O/c7-6(8)1-2-9-5-3-10-4-5/h1-2,5,9H,3-4H2,(H3,7,8)/b2-1-. The van der Waals surface area contributed by atoms with Crippen LogP contribution in [0.4, 0.5) is 0 Å². The molecule has 0 aliphatic carbocycles. The Hall–Kier alpha value is -1.03. The van der Waals surface area contributed by atoms with E-state index in [-0.39, 0.29) is 5.84 Å². The molecule has 1 heterocycles. The van der Waals surface area contributed by atoms with Crippen LogP contribution in [0.2, 0.25) is 0 Å². The average Bonchev–Trinajstić information content (AvgIpc) is 1.75. The molecule has 1 fully saturated rings. The first-order valence-electron chi connectivity index (χ1n) is 3.13. The van der Waals surface area contributed by atoms with Gasteiger partial charge in [0.2, 0.25) is 0 Å². The summed E-state index contributed by atoms with van der Waals surface area (Å²) in [7, 11) is 0. The van der Waals surface area contributed by atoms with E-state index in [1.165, 1.54) is 6.08 Å². The van der Waals surface area contributed by atoms with Crippen LogP contribution in [0, 0.1) is 5.41 Å². The molecule has 0 saturated carbocycles. The zero-order chi connectivity index (χ0) is 7.40. The fourth-order valence-corrected chi connectivity index (χ4v) is 0.606. The van der Waals surface area contributed by atoms with Crippen LogP contribution < -0.4 is 11.1 Å². The lowest BCUT2D eigenvalue weighted by Crippen LogP contribution is -2.43. The highest BCUT2D eigenvalue weighted by Gasteiger charge is 2.15. The molecule has 1 aliphatic rings. The van der Waals surface area contributed by atoms with Gasteiger partial charge in [-0.15, -0.1) is 0 Å². The molecule has 4 nitrogen and oxygen atoms in total. The number of nitrogens with one attached hydrogen (secondary N) is 2. The van der Waals surface area contributed by atoms with Crippen molar-refractivity contribution in [1.82, 2.24) is 5.32 Å². The zero-order valence-corrected chi connectivity index (χ0v) is 5.63. The molecular formula is C6H11N3O. The van der Waals surface area contributed by atoms with Crippen molar-refractivity contribution < 1.29 is 4.74 Å². The first kappa shape index (κ1) is 7.08. The van der Waals surface area contributed by atoms with Gasteiger partial charge in [0.1, 0.15) is 5.84 Å². The molecule has 0 atom stereocenters. The molecule has 0 amide bonds. The third kappa shape index (κ3) is 2.06. The molecule has 0 unspecified atom stereocenters. The largest absolute Gasteiger partial charge is 0.384 e. The summed E-state index contributed by atoms with van der Waals surface area (Å²) in [6.45, 7) is 1.50. The van der Waals surface area contributed by atoms with Crippen molar-refractivity contribution in [3.63, 3.8) is 0 Å². The molecule has 0 aromatic carbocycles. The maximum Gasteiger partial charge on any atom is 0.116 e. The Morgan fingerprint density at radius 2 is 2.40 bits per heavy atom. The summed E-state index contributed by atoms with van der Waals surface area (Å²) in [5.74, 6) is 0.0627. The molecule has 0 spiro atoms. The predicted molar refractivity (Wildman–Crippen MR) is 38.8 cm³/mol. The van der Waals surface area contributed by atoms with Gasteiger partial charge in [-0.05, 0) is 6.08 Å². The van der Waals surface area contributed by atoms with E-state index in [0.29, 0.717) is 6.04 Å². The van der Waals surface area contributed by atoms with E-state index in [2.05, 4.69) is 5.32 Å². The van der Waals surface area contributed by atoms with Gasteiger partial charge in [0.25, 0.3) is 0 Å². The van der Waals surface area contributed by atoms with Gasteiger partial charge in [-0.1, -0.05) is 0 Å². The minimum Gasteiger partial charge on any atom is -0.384 e. The highest BCUT2D eigenvalue weighted by atomic mass is 16.5. The van der Waals surface area contributed by atoms with Crippen molar-refractivity contribution in [1.29, 1.82) is 5.41 Å². The van der Waals surface area contributed by atoms with Crippen LogP contribution >= 0.6 is 0 Å². The van der Waals surface area contributed by atoms with Crippen LogP contribution in [0.5, 0.6) is 0 Å². The highest BCUT2D eigenvalue weighted by molar-refractivity contribution is 5.88. The first-order valence-corrected chi connectivity index (χ1v) is 3.13. The normalized spacial score (nSPS) is 18.8. The van der Waals surface area contributed by atoms with E-state index in [0.717, 1.165) is 13.2 Å². The molecule has 0 aromatic rings. The number of hydrogen-bond donors (Lipinski definition) is 3. The van der Waals surface area contributed by atoms with Crippen molar-refractivity contribution in [3.05, 3.63) is 12.3 Å². The Labute approximate surface area is 59.6 Å². The van der Waals surface area contributed by atoms with Crippen LogP contribution in [0.25, 0.3) is 0 Å². The van der Waals surface area contributed by atoms with Crippen LogP contribution in [0.15, 0.2) is 12.3 Å². The van der Waals surface area contributed by atoms with Crippen molar-refractivity contribution >= 4 is 5.84 Å². The Morgan fingerprint density at radius 3 is 2.80 bits per heavy atom. The number of hydrogen-bond acceptors (Lipinski definition) is 3. The van der Waals surface area contributed by atoms with Gasteiger partial charge in [0.05, 0.1) is 19.3 Å². The van der Waals surface area contributed by atoms with Crippen molar-refractivity contribution in [2.75, 3.05) is 13.2 Å². The Balaban J connectivity index is 2.08. The smallest absolute Gasteiger partial charge is 0.116 e. The van der Waals surface area contributed by atoms with Gasteiger partial charge in [-0.25, -0.2) is 0 Å². The number of nitrogens with two attached hydrogens (primary N) is 1. The minimum atomic E-state index is 0.0627. The summed E-state index contributed by atoms with van der Waals surface area (Å²) in [5, 5.41) is 9.86. The second kappa shape index (κ2) is 3.22. The number of ether oxygens (including phenoxy) is 1. The third-order valence-corrected chi connectivity index (χ3v) is 1.23. The fraction of sp³-hybridized carbons (Fsp3) is 0.500. The van der Waals surface area contributed by atoms with E-state index < -0.39 is 0 Å². The van der Waals surface area contributed by atoms with E-state index >= 15 is 0 Å². The average molecular weight is 141 g/mol. The van der Waals surface area contributed by atoms with E-state index in [1.54, 1.807) is 6.20 Å². The lowest BCUT2D eigenvalue weighted by Gasteiger charge is -2.25. The second-order valence-corrected chi connectivity index (χ2v) is 2.19. The van der Waals surface area contributed by atoms with Crippen LogP contribution in [0.1, 0.15) is 0 Å². The van der Waals surface area contributed by atoms with Crippen molar-refractivity contribution in [2.45, 2.75) is 6.04 Å². The zero-order valence-electron chi connectivity index (χ0n) is 5.63. The molecule has 1 rings (SSSR count).